The van der Waals surface area contributed by atoms with Gasteiger partial charge in [0, 0.05) is 26.7 Å². The van der Waals surface area contributed by atoms with Gasteiger partial charge >= 0.3 is 0 Å². The fourth-order valence-electron chi connectivity index (χ4n) is 2.09. The van der Waals surface area contributed by atoms with Gasteiger partial charge in [0.15, 0.2) is 0 Å². The van der Waals surface area contributed by atoms with E-state index in [2.05, 4.69) is 0 Å². The molecule has 2 rings (SSSR count). The van der Waals surface area contributed by atoms with Crippen LogP contribution in [0.4, 0.5) is 0 Å². The van der Waals surface area contributed by atoms with E-state index in [-0.39, 0.29) is 5.91 Å². The second-order valence-electron chi connectivity index (χ2n) is 4.80. The van der Waals surface area contributed by atoms with Crippen LogP contribution in [0.5, 0.6) is 0 Å². The summed E-state index contributed by atoms with van der Waals surface area (Å²) in [6.45, 7) is 2.25. The van der Waals surface area contributed by atoms with Crippen molar-refractivity contribution in [3.05, 3.63) is 35.4 Å². The minimum absolute atomic E-state index is 0.0817. The van der Waals surface area contributed by atoms with Gasteiger partial charge < -0.3 is 10.0 Å². The van der Waals surface area contributed by atoms with E-state index in [1.807, 2.05) is 11.0 Å². The van der Waals surface area contributed by atoms with Gasteiger partial charge in [-0.25, -0.2) is 0 Å². The van der Waals surface area contributed by atoms with Gasteiger partial charge in [-0.15, -0.1) is 0 Å². The predicted molar refractivity (Wildman–Crippen MR) is 70.2 cm³/mol. The molecule has 1 aromatic carbocycles. The Hall–Kier alpha value is -1.90. The zero-order valence-corrected chi connectivity index (χ0v) is 10.9. The van der Waals surface area contributed by atoms with Gasteiger partial charge in [0.1, 0.15) is 0 Å². The fraction of sp³-hybridized carbons (Fsp3) is 0.429. The number of nitrogens with zero attached hydrogens (tertiary/aromatic N) is 3. The SMILES string of the molecule is CN1CCN(CC(O)c2ccc(C#N)cc2)CC1=O. The lowest BCUT2D eigenvalue weighted by molar-refractivity contribution is -0.134. The van der Waals surface area contributed by atoms with Gasteiger partial charge in [0.25, 0.3) is 0 Å². The van der Waals surface area contributed by atoms with Gasteiger partial charge in [-0.2, -0.15) is 5.26 Å². The average Bonchev–Trinajstić information content (AvgIpc) is 2.43. The molecule has 19 heavy (non-hydrogen) atoms. The van der Waals surface area contributed by atoms with E-state index in [9.17, 15) is 9.90 Å². The van der Waals surface area contributed by atoms with Crippen LogP contribution in [-0.2, 0) is 4.79 Å². The number of amides is 1. The van der Waals surface area contributed by atoms with Crippen molar-refractivity contribution < 1.29 is 9.90 Å². The number of nitriles is 1. The first-order valence-corrected chi connectivity index (χ1v) is 6.24. The molecule has 1 aromatic rings. The summed E-state index contributed by atoms with van der Waals surface area (Å²) >= 11 is 0. The Bertz CT molecular complexity index is 492. The normalized spacial score (nSPS) is 18.2. The van der Waals surface area contributed by atoms with Crippen LogP contribution in [0.25, 0.3) is 0 Å². The van der Waals surface area contributed by atoms with Crippen LogP contribution in [0.2, 0.25) is 0 Å². The van der Waals surface area contributed by atoms with Crippen molar-refractivity contribution in [2.24, 2.45) is 0 Å². The lowest BCUT2D eigenvalue weighted by Crippen LogP contribution is -2.49. The minimum atomic E-state index is -0.635. The molecule has 0 aliphatic carbocycles. The molecule has 1 aliphatic heterocycles. The lowest BCUT2D eigenvalue weighted by Gasteiger charge is -2.33. The molecule has 0 spiro atoms. The minimum Gasteiger partial charge on any atom is -0.387 e. The van der Waals surface area contributed by atoms with Crippen LogP contribution >= 0.6 is 0 Å². The van der Waals surface area contributed by atoms with Crippen LogP contribution in [0.3, 0.4) is 0 Å². The van der Waals surface area contributed by atoms with Crippen molar-refractivity contribution in [3.63, 3.8) is 0 Å². The Balaban J connectivity index is 1.95. The van der Waals surface area contributed by atoms with Gasteiger partial charge in [0.05, 0.1) is 24.3 Å². The van der Waals surface area contributed by atoms with E-state index >= 15 is 0 Å². The molecule has 0 bridgehead atoms. The van der Waals surface area contributed by atoms with Crippen molar-refractivity contribution in [2.45, 2.75) is 6.10 Å². The van der Waals surface area contributed by atoms with Gasteiger partial charge in [-0.1, -0.05) is 12.1 Å². The van der Waals surface area contributed by atoms with Crippen LogP contribution in [-0.4, -0.2) is 54.0 Å². The predicted octanol–water partition coefficient (Wildman–Crippen LogP) is 0.366. The molecule has 1 heterocycles. The molecule has 0 aromatic heterocycles. The molecule has 1 amide bonds. The largest absolute Gasteiger partial charge is 0.387 e. The van der Waals surface area contributed by atoms with E-state index in [1.54, 1.807) is 36.2 Å². The summed E-state index contributed by atoms with van der Waals surface area (Å²) in [4.78, 5) is 15.2. The van der Waals surface area contributed by atoms with Gasteiger partial charge in [-0.05, 0) is 17.7 Å². The third-order valence-electron chi connectivity index (χ3n) is 3.39. The lowest BCUT2D eigenvalue weighted by atomic mass is 10.1. The molecular formula is C14H17N3O2. The van der Waals surface area contributed by atoms with Crippen molar-refractivity contribution in [1.82, 2.24) is 9.80 Å². The number of carbonyl (C=O) groups is 1. The fourth-order valence-corrected chi connectivity index (χ4v) is 2.09. The molecular weight excluding hydrogens is 242 g/mol. The zero-order chi connectivity index (χ0) is 13.8. The number of carbonyl (C=O) groups excluding carboxylic acids is 1. The van der Waals surface area contributed by atoms with Crippen molar-refractivity contribution >= 4 is 5.91 Å². The van der Waals surface area contributed by atoms with Crippen molar-refractivity contribution in [1.29, 1.82) is 5.26 Å². The third-order valence-corrected chi connectivity index (χ3v) is 3.39. The van der Waals surface area contributed by atoms with Gasteiger partial charge in [-0.3, -0.25) is 9.69 Å². The molecule has 1 saturated heterocycles. The molecule has 1 unspecified atom stereocenters. The molecule has 0 radical (unpaired) electrons. The number of rotatable bonds is 3. The van der Waals surface area contributed by atoms with Crippen LogP contribution in [0.1, 0.15) is 17.2 Å². The highest BCUT2D eigenvalue weighted by molar-refractivity contribution is 5.78. The molecule has 0 saturated carbocycles. The highest BCUT2D eigenvalue weighted by atomic mass is 16.3. The van der Waals surface area contributed by atoms with E-state index in [0.717, 1.165) is 12.1 Å². The maximum absolute atomic E-state index is 11.6. The number of β-amino-alcohol motifs (C(OH)–C–C–N with tert-alkyl or cyclic N) is 1. The summed E-state index contributed by atoms with van der Waals surface area (Å²) < 4.78 is 0. The van der Waals surface area contributed by atoms with Gasteiger partial charge in [0.2, 0.25) is 5.91 Å². The quantitative estimate of drug-likeness (QED) is 0.851. The van der Waals surface area contributed by atoms with E-state index in [0.29, 0.717) is 25.2 Å². The second-order valence-corrected chi connectivity index (χ2v) is 4.80. The van der Waals surface area contributed by atoms with E-state index in [1.165, 1.54) is 0 Å². The Morgan fingerprint density at radius 3 is 2.63 bits per heavy atom. The maximum Gasteiger partial charge on any atom is 0.236 e. The van der Waals surface area contributed by atoms with Crippen LogP contribution in [0.15, 0.2) is 24.3 Å². The maximum atomic E-state index is 11.6. The number of hydrogen-bond acceptors (Lipinski definition) is 4. The number of hydrogen-bond donors (Lipinski definition) is 1. The highest BCUT2D eigenvalue weighted by Gasteiger charge is 2.23. The molecule has 1 aliphatic rings. The summed E-state index contributed by atoms with van der Waals surface area (Å²) in [5.41, 5.74) is 1.34. The number of piperazine rings is 1. The Morgan fingerprint density at radius 2 is 2.05 bits per heavy atom. The van der Waals surface area contributed by atoms with E-state index in [4.69, 9.17) is 5.26 Å². The highest BCUT2D eigenvalue weighted by Crippen LogP contribution is 2.16. The summed E-state index contributed by atoms with van der Waals surface area (Å²) in [5.74, 6) is 0.0817. The summed E-state index contributed by atoms with van der Waals surface area (Å²) in [6.07, 6.45) is -0.635. The molecule has 100 valence electrons. The standard InChI is InChI=1S/C14H17N3O2/c1-16-6-7-17(10-14(16)19)9-13(18)12-4-2-11(8-15)3-5-12/h2-5,13,18H,6-7,9-10H2,1H3. The molecule has 5 nitrogen and oxygen atoms in total. The Labute approximate surface area is 112 Å². The monoisotopic (exact) mass is 259 g/mol. The number of aliphatic hydroxyl groups excluding tert-OH is 1. The van der Waals surface area contributed by atoms with Crippen molar-refractivity contribution in [3.8, 4) is 6.07 Å². The topological polar surface area (TPSA) is 67.6 Å². The second kappa shape index (κ2) is 5.83. The summed E-state index contributed by atoms with van der Waals surface area (Å²) in [6, 6.07) is 8.92. The molecule has 1 N–H and O–H groups in total. The first-order valence-electron chi connectivity index (χ1n) is 6.24. The summed E-state index contributed by atoms with van der Waals surface area (Å²) in [5, 5.41) is 18.9. The van der Waals surface area contributed by atoms with Crippen LogP contribution in [0, 0.1) is 11.3 Å². The first-order chi connectivity index (χ1) is 9.10. The van der Waals surface area contributed by atoms with Crippen LogP contribution < -0.4 is 0 Å². The Kier molecular flexibility index (Phi) is 4.15. The molecule has 1 atom stereocenters. The Morgan fingerprint density at radius 1 is 1.37 bits per heavy atom. The third kappa shape index (κ3) is 3.31. The summed E-state index contributed by atoms with van der Waals surface area (Å²) in [7, 11) is 1.79. The number of benzene rings is 1. The zero-order valence-electron chi connectivity index (χ0n) is 10.9. The van der Waals surface area contributed by atoms with E-state index < -0.39 is 6.10 Å². The average molecular weight is 259 g/mol. The molecule has 5 heteroatoms. The van der Waals surface area contributed by atoms with Crippen molar-refractivity contribution in [2.75, 3.05) is 33.2 Å². The first kappa shape index (κ1) is 13.5. The number of likely N-dealkylation sites (N-methyl/N-ethyl adjacent to an activating group) is 1. The molecule has 1 fully saturated rings. The number of aliphatic hydroxyl groups is 1. The smallest absolute Gasteiger partial charge is 0.236 e.